The van der Waals surface area contributed by atoms with Crippen molar-refractivity contribution >= 4 is 16.9 Å². The van der Waals surface area contributed by atoms with Crippen molar-refractivity contribution in [2.45, 2.75) is 52.7 Å². The highest BCUT2D eigenvalue weighted by Gasteiger charge is 2.19. The van der Waals surface area contributed by atoms with Crippen molar-refractivity contribution in [2.75, 3.05) is 6.54 Å². The number of imidazole rings is 1. The first-order chi connectivity index (χ1) is 15.9. The van der Waals surface area contributed by atoms with Crippen molar-refractivity contribution in [1.29, 1.82) is 0 Å². The molecule has 1 fully saturated rings. The molecule has 0 bridgehead atoms. The van der Waals surface area contributed by atoms with Gasteiger partial charge in [0.05, 0.1) is 22.8 Å². The summed E-state index contributed by atoms with van der Waals surface area (Å²) in [6.07, 6.45) is 3.75. The number of rotatable bonds is 5. The van der Waals surface area contributed by atoms with E-state index in [2.05, 4.69) is 16.1 Å². The molecule has 3 aromatic heterocycles. The molecule has 0 saturated carbocycles. The second-order valence-corrected chi connectivity index (χ2v) is 8.81. The molecule has 1 aliphatic rings. The Morgan fingerprint density at radius 2 is 1.97 bits per heavy atom. The summed E-state index contributed by atoms with van der Waals surface area (Å²) < 4.78 is 3.71. The van der Waals surface area contributed by atoms with Gasteiger partial charge in [-0.2, -0.15) is 5.10 Å². The number of aliphatic hydroxyl groups is 1. The molecule has 4 heterocycles. The number of fused-ring (bicyclic) bond motifs is 1. The van der Waals surface area contributed by atoms with Crippen molar-refractivity contribution < 1.29 is 9.90 Å². The lowest BCUT2D eigenvalue weighted by molar-refractivity contribution is -0.133. The number of likely N-dealkylation sites (tertiary alicyclic amines) is 1. The zero-order chi connectivity index (χ0) is 23.1. The van der Waals surface area contributed by atoms with E-state index in [1.54, 1.807) is 17.9 Å². The first-order valence-corrected chi connectivity index (χ1v) is 11.4. The predicted octanol–water partition coefficient (Wildman–Crippen LogP) is 3.79. The lowest BCUT2D eigenvalue weighted by atomic mass is 10.1. The highest BCUT2D eigenvalue weighted by atomic mass is 16.3. The molecular formula is C25H28N6O2. The van der Waals surface area contributed by atoms with Gasteiger partial charge in [-0.05, 0) is 69.5 Å². The fraction of sp³-hybridized carbons (Fsp3) is 0.360. The van der Waals surface area contributed by atoms with Gasteiger partial charge in [0.2, 0.25) is 5.91 Å². The van der Waals surface area contributed by atoms with E-state index >= 15 is 0 Å². The van der Waals surface area contributed by atoms with Crippen LogP contribution in [-0.2, 0) is 11.3 Å². The molecule has 33 heavy (non-hydrogen) atoms. The van der Waals surface area contributed by atoms with Crippen LogP contribution in [0.15, 0.2) is 42.7 Å². The van der Waals surface area contributed by atoms with Crippen LogP contribution in [0.2, 0.25) is 0 Å². The minimum Gasteiger partial charge on any atom is -0.389 e. The van der Waals surface area contributed by atoms with E-state index in [0.717, 1.165) is 47.4 Å². The summed E-state index contributed by atoms with van der Waals surface area (Å²) >= 11 is 0. The Morgan fingerprint density at radius 1 is 1.12 bits per heavy atom. The lowest BCUT2D eigenvalue weighted by Crippen LogP contribution is -2.34. The number of aliphatic hydroxyl groups excluding tert-OH is 1. The van der Waals surface area contributed by atoms with E-state index in [1.165, 1.54) is 0 Å². The molecule has 0 aliphatic carbocycles. The molecule has 1 saturated heterocycles. The first kappa shape index (κ1) is 21.3. The fourth-order valence-electron chi connectivity index (χ4n) is 4.51. The summed E-state index contributed by atoms with van der Waals surface area (Å²) in [5.74, 6) is 1.51. The van der Waals surface area contributed by atoms with Gasteiger partial charge in [0.15, 0.2) is 5.82 Å². The number of aryl methyl sites for hydroxylation is 2. The molecule has 1 amide bonds. The number of hydrogen-bond acceptors (Lipinski definition) is 5. The number of carbonyl (C=O) groups excluding carboxylic acids is 1. The number of piperidine rings is 1. The summed E-state index contributed by atoms with van der Waals surface area (Å²) in [6, 6.07) is 11.9. The number of nitrogens with zero attached hydrogens (tertiary/aromatic N) is 6. The predicted molar refractivity (Wildman–Crippen MR) is 125 cm³/mol. The van der Waals surface area contributed by atoms with Crippen molar-refractivity contribution in [1.82, 2.24) is 29.2 Å². The highest BCUT2D eigenvalue weighted by molar-refractivity contribution is 5.79. The maximum absolute atomic E-state index is 12.3. The van der Waals surface area contributed by atoms with Crippen LogP contribution >= 0.6 is 0 Å². The summed E-state index contributed by atoms with van der Waals surface area (Å²) in [4.78, 5) is 23.6. The largest absolute Gasteiger partial charge is 0.389 e. The van der Waals surface area contributed by atoms with Crippen LogP contribution in [0.3, 0.4) is 0 Å². The third-order valence-electron chi connectivity index (χ3n) is 6.20. The minimum atomic E-state index is -0.682. The molecule has 1 atom stereocenters. The van der Waals surface area contributed by atoms with Gasteiger partial charge in [-0.3, -0.25) is 9.36 Å². The van der Waals surface area contributed by atoms with Gasteiger partial charge in [0.1, 0.15) is 12.1 Å². The quantitative estimate of drug-likeness (QED) is 0.506. The molecule has 8 nitrogen and oxygen atoms in total. The minimum absolute atomic E-state index is 0.222. The maximum Gasteiger partial charge on any atom is 0.222 e. The smallest absolute Gasteiger partial charge is 0.222 e. The fourth-order valence-corrected chi connectivity index (χ4v) is 4.51. The number of carbonyl (C=O) groups is 1. The summed E-state index contributed by atoms with van der Waals surface area (Å²) in [7, 11) is 0. The van der Waals surface area contributed by atoms with Crippen LogP contribution in [0.1, 0.15) is 54.8 Å². The van der Waals surface area contributed by atoms with Crippen molar-refractivity contribution in [2.24, 2.45) is 0 Å². The van der Waals surface area contributed by atoms with Crippen molar-refractivity contribution in [3.05, 3.63) is 65.2 Å². The number of hydrogen-bond donors (Lipinski definition) is 1. The summed E-state index contributed by atoms with van der Waals surface area (Å²) in [5.41, 5.74) is 5.40. The Labute approximate surface area is 192 Å². The zero-order valence-corrected chi connectivity index (χ0v) is 19.2. The molecular weight excluding hydrogens is 416 g/mol. The van der Waals surface area contributed by atoms with Crippen molar-refractivity contribution in [3.63, 3.8) is 0 Å². The lowest BCUT2D eigenvalue weighted by Gasteiger charge is -2.26. The topological polar surface area (TPSA) is 89.1 Å². The molecule has 170 valence electrons. The Morgan fingerprint density at radius 3 is 2.70 bits per heavy atom. The Bertz CT molecular complexity index is 1340. The monoisotopic (exact) mass is 444 g/mol. The average molecular weight is 445 g/mol. The van der Waals surface area contributed by atoms with E-state index in [0.29, 0.717) is 30.2 Å². The molecule has 1 aliphatic heterocycles. The van der Waals surface area contributed by atoms with Crippen LogP contribution in [0.25, 0.3) is 22.7 Å². The van der Waals surface area contributed by atoms with E-state index in [-0.39, 0.29) is 5.91 Å². The number of aromatic nitrogens is 5. The van der Waals surface area contributed by atoms with Crippen LogP contribution in [0.4, 0.5) is 0 Å². The van der Waals surface area contributed by atoms with Gasteiger partial charge in [0, 0.05) is 30.8 Å². The van der Waals surface area contributed by atoms with E-state index in [1.807, 2.05) is 53.6 Å². The Kier molecular flexibility index (Phi) is 5.46. The zero-order valence-electron chi connectivity index (χ0n) is 19.2. The van der Waals surface area contributed by atoms with Gasteiger partial charge in [-0.1, -0.05) is 6.07 Å². The average Bonchev–Trinajstić information content (AvgIpc) is 3.36. The molecule has 0 spiro atoms. The Balaban J connectivity index is 1.57. The molecule has 4 aromatic rings. The summed E-state index contributed by atoms with van der Waals surface area (Å²) in [5, 5.41) is 14.9. The number of pyridine rings is 1. The van der Waals surface area contributed by atoms with Gasteiger partial charge >= 0.3 is 0 Å². The van der Waals surface area contributed by atoms with Gasteiger partial charge in [-0.15, -0.1) is 0 Å². The van der Waals surface area contributed by atoms with Crippen LogP contribution in [-0.4, -0.2) is 46.8 Å². The third-order valence-corrected chi connectivity index (χ3v) is 6.20. The highest BCUT2D eigenvalue weighted by Crippen LogP contribution is 2.26. The van der Waals surface area contributed by atoms with Gasteiger partial charge in [0.25, 0.3) is 0 Å². The van der Waals surface area contributed by atoms with Crippen LogP contribution < -0.4 is 0 Å². The molecule has 5 rings (SSSR count). The van der Waals surface area contributed by atoms with Gasteiger partial charge in [-0.25, -0.2) is 14.6 Å². The second kappa shape index (κ2) is 8.44. The van der Waals surface area contributed by atoms with Gasteiger partial charge < -0.3 is 10.0 Å². The summed E-state index contributed by atoms with van der Waals surface area (Å²) in [6.45, 7) is 7.05. The number of benzene rings is 1. The van der Waals surface area contributed by atoms with E-state index in [4.69, 9.17) is 4.98 Å². The first-order valence-electron chi connectivity index (χ1n) is 11.4. The standard InChI is InChI=1S/C25H28N6O2/c1-16-12-17(2)31(28-16)25-20(18(3)32)8-10-23(27-25)30-15-26-21-9-7-19(13-22(21)30)14-29-11-5-4-6-24(29)33/h7-10,12-13,15,18,32H,4-6,11,14H2,1-3H3. The van der Waals surface area contributed by atoms with Crippen LogP contribution in [0.5, 0.6) is 0 Å². The number of amides is 1. The maximum atomic E-state index is 12.3. The molecule has 8 heteroatoms. The Hall–Kier alpha value is -3.52. The van der Waals surface area contributed by atoms with E-state index in [9.17, 15) is 9.90 Å². The SMILES string of the molecule is Cc1cc(C)n(-c2nc(-n3cnc4ccc(CN5CCCCC5=O)cc43)ccc2C(C)O)n1. The van der Waals surface area contributed by atoms with Crippen LogP contribution in [0, 0.1) is 13.8 Å². The normalized spacial score (nSPS) is 15.4. The van der Waals surface area contributed by atoms with Crippen molar-refractivity contribution in [3.8, 4) is 11.6 Å². The molecule has 1 N–H and O–H groups in total. The second-order valence-electron chi connectivity index (χ2n) is 8.81. The molecule has 0 radical (unpaired) electrons. The molecule has 1 aromatic carbocycles. The van der Waals surface area contributed by atoms with E-state index < -0.39 is 6.10 Å². The molecule has 1 unspecified atom stereocenters. The third kappa shape index (κ3) is 4.02.